The summed E-state index contributed by atoms with van der Waals surface area (Å²) in [6, 6.07) is 21.6. The molecular formula is C25H24N4O2S. The van der Waals surface area contributed by atoms with Gasteiger partial charge in [0.15, 0.2) is 0 Å². The molecule has 7 heteroatoms. The molecule has 6 nitrogen and oxygen atoms in total. The van der Waals surface area contributed by atoms with Crippen molar-refractivity contribution >= 4 is 27.6 Å². The monoisotopic (exact) mass is 444 g/mol. The average molecular weight is 445 g/mol. The summed E-state index contributed by atoms with van der Waals surface area (Å²) in [5.41, 5.74) is 5.03. The molecule has 0 amide bonds. The van der Waals surface area contributed by atoms with Crippen LogP contribution in [0.25, 0.3) is 22.2 Å². The predicted octanol–water partition coefficient (Wildman–Crippen LogP) is 5.27. The normalized spacial score (nSPS) is 11.8. The van der Waals surface area contributed by atoms with Crippen molar-refractivity contribution in [3.05, 3.63) is 78.1 Å². The van der Waals surface area contributed by atoms with Crippen LogP contribution >= 0.6 is 0 Å². The van der Waals surface area contributed by atoms with Gasteiger partial charge in [-0.1, -0.05) is 25.1 Å². The van der Waals surface area contributed by atoms with E-state index in [1.54, 1.807) is 6.20 Å². The van der Waals surface area contributed by atoms with Crippen LogP contribution in [0.2, 0.25) is 0 Å². The summed E-state index contributed by atoms with van der Waals surface area (Å²) in [5.74, 6) is 1.27. The molecular weight excluding hydrogens is 420 g/mol. The van der Waals surface area contributed by atoms with Gasteiger partial charge in [-0.05, 0) is 48.9 Å². The number of anilines is 1. The van der Waals surface area contributed by atoms with E-state index in [0.29, 0.717) is 24.5 Å². The summed E-state index contributed by atoms with van der Waals surface area (Å²) in [6.07, 6.45) is 1.75. The Labute approximate surface area is 190 Å². The van der Waals surface area contributed by atoms with Gasteiger partial charge in [0.2, 0.25) is 0 Å². The van der Waals surface area contributed by atoms with Crippen molar-refractivity contribution in [2.45, 2.75) is 27.0 Å². The van der Waals surface area contributed by atoms with Gasteiger partial charge in [0.1, 0.15) is 29.4 Å². The van der Waals surface area contributed by atoms with E-state index in [2.05, 4.69) is 27.3 Å². The molecule has 32 heavy (non-hydrogen) atoms. The van der Waals surface area contributed by atoms with E-state index in [4.69, 9.17) is 4.74 Å². The van der Waals surface area contributed by atoms with Crippen LogP contribution in [0.3, 0.4) is 0 Å². The maximum atomic E-state index is 11.8. The molecule has 0 aliphatic carbocycles. The topological polar surface area (TPSA) is 79.9 Å². The highest BCUT2D eigenvalue weighted by Gasteiger charge is 2.18. The van der Waals surface area contributed by atoms with Gasteiger partial charge in [0, 0.05) is 35.6 Å². The number of aromatic nitrogens is 2. The van der Waals surface area contributed by atoms with E-state index in [0.717, 1.165) is 39.3 Å². The maximum absolute atomic E-state index is 11.8. The summed E-state index contributed by atoms with van der Waals surface area (Å²) < 4.78 is 22.8. The first-order valence-electron chi connectivity index (χ1n) is 10.5. The zero-order valence-corrected chi connectivity index (χ0v) is 18.9. The fraction of sp³-hybridized carbons (Fsp3) is 0.200. The third-order valence-electron chi connectivity index (χ3n) is 5.23. The second-order valence-corrected chi connectivity index (χ2v) is 8.65. The predicted molar refractivity (Wildman–Crippen MR) is 129 cm³/mol. The van der Waals surface area contributed by atoms with E-state index in [-0.39, 0.29) is 0 Å². The van der Waals surface area contributed by atoms with Crippen molar-refractivity contribution < 1.29 is 8.95 Å². The summed E-state index contributed by atoms with van der Waals surface area (Å²) in [5, 5.41) is 10.9. The molecule has 2 aromatic carbocycles. The van der Waals surface area contributed by atoms with Crippen LogP contribution in [0.4, 0.5) is 5.69 Å². The molecule has 162 valence electrons. The second kappa shape index (κ2) is 9.67. The van der Waals surface area contributed by atoms with E-state index in [1.165, 1.54) is 0 Å². The van der Waals surface area contributed by atoms with Crippen LogP contribution in [-0.4, -0.2) is 19.5 Å². The van der Waals surface area contributed by atoms with Crippen molar-refractivity contribution in [2.24, 2.45) is 0 Å². The van der Waals surface area contributed by atoms with Crippen LogP contribution < -0.4 is 9.46 Å². The molecule has 1 atom stereocenters. The number of ether oxygens (including phenoxy) is 1. The van der Waals surface area contributed by atoms with Gasteiger partial charge < -0.3 is 14.0 Å². The van der Waals surface area contributed by atoms with Crippen LogP contribution in [0, 0.1) is 11.3 Å². The zero-order valence-electron chi connectivity index (χ0n) is 18.0. The summed E-state index contributed by atoms with van der Waals surface area (Å²) in [7, 11) is -1.10. The lowest BCUT2D eigenvalue weighted by Crippen LogP contribution is -2.05. The Morgan fingerprint density at radius 1 is 1.12 bits per heavy atom. The van der Waals surface area contributed by atoms with E-state index >= 15 is 0 Å². The van der Waals surface area contributed by atoms with Crippen molar-refractivity contribution in [1.29, 1.82) is 5.26 Å². The van der Waals surface area contributed by atoms with Gasteiger partial charge in [0.25, 0.3) is 0 Å². The van der Waals surface area contributed by atoms with Crippen molar-refractivity contribution in [2.75, 3.05) is 10.5 Å². The first kappa shape index (κ1) is 21.6. The van der Waals surface area contributed by atoms with Crippen LogP contribution in [0.1, 0.15) is 25.1 Å². The second-order valence-electron chi connectivity index (χ2n) is 7.18. The maximum Gasteiger partial charge on any atom is 0.130 e. The largest absolute Gasteiger partial charge is 0.487 e. The smallest absolute Gasteiger partial charge is 0.130 e. The summed E-state index contributed by atoms with van der Waals surface area (Å²) in [4.78, 5) is 4.29. The highest BCUT2D eigenvalue weighted by atomic mass is 32.2. The summed E-state index contributed by atoms with van der Waals surface area (Å²) in [6.45, 7) is 5.01. The van der Waals surface area contributed by atoms with Gasteiger partial charge in [-0.15, -0.1) is 0 Å². The highest BCUT2D eigenvalue weighted by molar-refractivity contribution is 7.86. The Bertz CT molecular complexity index is 1290. The third-order valence-corrected chi connectivity index (χ3v) is 6.22. The first-order valence-corrected chi connectivity index (χ1v) is 11.8. The molecule has 0 saturated heterocycles. The van der Waals surface area contributed by atoms with E-state index in [9.17, 15) is 9.47 Å². The van der Waals surface area contributed by atoms with Gasteiger partial charge in [-0.25, -0.2) is 4.21 Å². The molecule has 0 aliphatic rings. The van der Waals surface area contributed by atoms with Crippen LogP contribution in [0.15, 0.2) is 66.9 Å². The SMILES string of the molecule is CCn1c(-c2ccc(NS(=O)CC)cc2)c(C#N)c2ccc(OCc3ccccn3)cc21. The molecule has 0 bridgehead atoms. The Morgan fingerprint density at radius 3 is 2.59 bits per heavy atom. The number of rotatable bonds is 8. The molecule has 2 aromatic heterocycles. The lowest BCUT2D eigenvalue weighted by Gasteiger charge is -2.11. The number of aryl methyl sites for hydroxylation is 1. The minimum Gasteiger partial charge on any atom is -0.487 e. The van der Waals surface area contributed by atoms with Crippen LogP contribution in [0.5, 0.6) is 5.75 Å². The van der Waals surface area contributed by atoms with Gasteiger partial charge in [-0.2, -0.15) is 5.26 Å². The Balaban J connectivity index is 1.71. The molecule has 0 saturated carbocycles. The number of nitriles is 1. The fourth-order valence-electron chi connectivity index (χ4n) is 3.70. The average Bonchev–Trinajstić information content (AvgIpc) is 3.16. The number of pyridine rings is 1. The summed E-state index contributed by atoms with van der Waals surface area (Å²) >= 11 is 0. The Kier molecular flexibility index (Phi) is 6.52. The van der Waals surface area contributed by atoms with Crippen molar-refractivity contribution in [3.63, 3.8) is 0 Å². The number of hydrogen-bond donors (Lipinski definition) is 1. The number of nitrogens with one attached hydrogen (secondary N) is 1. The number of fused-ring (bicyclic) bond motifs is 1. The van der Waals surface area contributed by atoms with Gasteiger partial charge in [0.05, 0.1) is 22.5 Å². The van der Waals surface area contributed by atoms with Crippen molar-refractivity contribution in [3.8, 4) is 23.1 Å². The quantitative estimate of drug-likeness (QED) is 0.401. The minimum atomic E-state index is -1.10. The number of benzene rings is 2. The first-order chi connectivity index (χ1) is 15.6. The van der Waals surface area contributed by atoms with Gasteiger partial charge in [-0.3, -0.25) is 4.98 Å². The van der Waals surface area contributed by atoms with E-state index < -0.39 is 11.0 Å². The number of nitrogens with zero attached hydrogens (tertiary/aromatic N) is 3. The molecule has 0 fully saturated rings. The third kappa shape index (κ3) is 4.36. The standard InChI is InChI=1S/C25H24N4O2S/c1-3-29-24-15-21(31-17-20-7-5-6-14-27-20)12-13-22(24)23(16-26)25(29)18-8-10-19(11-9-18)28-32(30)4-2/h5-15,28H,3-4,17H2,1-2H3. The van der Waals surface area contributed by atoms with Crippen LogP contribution in [-0.2, 0) is 24.1 Å². The molecule has 4 rings (SSSR count). The molecule has 0 aliphatic heterocycles. The fourth-order valence-corrected chi connectivity index (χ4v) is 4.24. The lowest BCUT2D eigenvalue weighted by atomic mass is 10.1. The van der Waals surface area contributed by atoms with Crippen molar-refractivity contribution in [1.82, 2.24) is 9.55 Å². The molecule has 0 radical (unpaired) electrons. The Morgan fingerprint density at radius 2 is 1.94 bits per heavy atom. The lowest BCUT2D eigenvalue weighted by molar-refractivity contribution is 0.301. The zero-order chi connectivity index (χ0) is 22.5. The molecule has 1 N–H and O–H groups in total. The minimum absolute atomic E-state index is 0.380. The number of hydrogen-bond acceptors (Lipinski definition) is 4. The van der Waals surface area contributed by atoms with Gasteiger partial charge >= 0.3 is 0 Å². The molecule has 4 aromatic rings. The molecule has 1 unspecified atom stereocenters. The molecule has 2 heterocycles. The van der Waals surface area contributed by atoms with E-state index in [1.807, 2.05) is 67.6 Å². The molecule has 0 spiro atoms. The highest BCUT2D eigenvalue weighted by Crippen LogP contribution is 2.35. The Hall–Kier alpha value is -3.63.